The van der Waals surface area contributed by atoms with Gasteiger partial charge in [0.25, 0.3) is 0 Å². The van der Waals surface area contributed by atoms with Crippen LogP contribution in [0.5, 0.6) is 0 Å². The van der Waals surface area contributed by atoms with Crippen molar-refractivity contribution in [2.24, 2.45) is 0 Å². The lowest BCUT2D eigenvalue weighted by molar-refractivity contribution is 0.976. The molecule has 6 heterocycles. The summed E-state index contributed by atoms with van der Waals surface area (Å²) in [5.74, 6) is 1.70. The molecule has 0 bridgehead atoms. The third-order valence-electron chi connectivity index (χ3n) is 12.7. The van der Waals surface area contributed by atoms with Gasteiger partial charge in [0.05, 0.1) is 0 Å². The van der Waals surface area contributed by atoms with Crippen molar-refractivity contribution in [1.82, 2.24) is 44.9 Å². The molecular formula is C59H85N9. The highest BCUT2D eigenvalue weighted by Crippen LogP contribution is 2.20. The summed E-state index contributed by atoms with van der Waals surface area (Å²) >= 11 is 0. The van der Waals surface area contributed by atoms with Crippen LogP contribution in [0, 0.1) is 180 Å². The van der Waals surface area contributed by atoms with Crippen LogP contribution >= 0.6 is 0 Å². The fourth-order valence-electron chi connectivity index (χ4n) is 6.62. The quantitative estimate of drug-likeness (QED) is 0.147. The molecule has 9 heteroatoms. The van der Waals surface area contributed by atoms with Gasteiger partial charge >= 0.3 is 0 Å². The van der Waals surface area contributed by atoms with Crippen molar-refractivity contribution < 1.29 is 0 Å². The molecule has 0 N–H and O–H groups in total. The van der Waals surface area contributed by atoms with E-state index in [9.17, 15) is 0 Å². The molecule has 0 saturated heterocycles. The number of hydrogen-bond donors (Lipinski definition) is 0. The third-order valence-corrected chi connectivity index (χ3v) is 12.7. The van der Waals surface area contributed by atoms with Gasteiger partial charge < -0.3 is 0 Å². The fraction of sp³-hybridized carbons (Fsp3) is 0.441. The molecule has 9 nitrogen and oxygen atoms in total. The monoisotopic (exact) mass is 920 g/mol. The SMILES string of the molecule is Cc1cc(C)c(C)c(C)c1C.Cc1cc(C)c(C)c(C)n1.Cc1cc(C)c(C)nc1C.Cc1cc(C)nc(C)n1.Cc1cnc(C)c(C)c1C.Cc1ncc(C)c(C)n1.Cc1ncnc(C)c1C. The molecule has 0 fully saturated rings. The average molecular weight is 920 g/mol. The standard InChI is InChI=1S/C11H16.3C9H13N.3C7H10N2/c1-7-6-8(2)10(4)11(5)9(7)3;1-6-5-10-9(4)8(3)7(6)2;1-6-5-7(2)10-9(4)8(6)3;1-6-5-7(2)9(4)10-8(6)3;1-5-6(2)8-4-9-7(5)3;1-5-4-8-7(3)9-6(5)2;1-5-4-6(2)9-7(3)8-5/h6H,1-5H3;3*5H,1-4H3;3*4H,1-3H3. The number of aryl methyl sites for hydroxylation is 19. The van der Waals surface area contributed by atoms with Gasteiger partial charge in [-0.25, -0.2) is 29.9 Å². The van der Waals surface area contributed by atoms with Crippen molar-refractivity contribution in [3.63, 3.8) is 0 Å². The maximum absolute atomic E-state index is 4.37. The number of rotatable bonds is 0. The lowest BCUT2D eigenvalue weighted by atomic mass is 9.96. The van der Waals surface area contributed by atoms with Crippen molar-refractivity contribution >= 4 is 0 Å². The normalized spacial score (nSPS) is 9.91. The van der Waals surface area contributed by atoms with Crippen LogP contribution in [-0.2, 0) is 0 Å². The number of aromatic nitrogens is 9. The summed E-state index contributed by atoms with van der Waals surface area (Å²) in [6.45, 7) is 53.7. The number of nitrogens with zero attached hydrogens (tertiary/aromatic N) is 9. The maximum atomic E-state index is 4.37. The summed E-state index contributed by atoms with van der Waals surface area (Å²) < 4.78 is 0. The molecule has 0 atom stereocenters. The molecule has 6 aromatic heterocycles. The molecule has 7 aromatic rings. The lowest BCUT2D eigenvalue weighted by Crippen LogP contribution is -1.93. The largest absolute Gasteiger partial charge is 0.261 e. The topological polar surface area (TPSA) is 116 Å². The molecule has 0 amide bonds. The molecule has 0 radical (unpaired) electrons. The summed E-state index contributed by atoms with van der Waals surface area (Å²) in [5, 5.41) is 0. The zero-order valence-electron chi connectivity index (χ0n) is 47.1. The molecule has 0 saturated carbocycles. The van der Waals surface area contributed by atoms with Gasteiger partial charge in [-0.05, 0) is 270 Å². The summed E-state index contributed by atoms with van der Waals surface area (Å²) in [5.41, 5.74) is 29.6. The van der Waals surface area contributed by atoms with Crippen LogP contribution in [0.15, 0.2) is 43.0 Å². The van der Waals surface area contributed by atoms with Crippen LogP contribution < -0.4 is 0 Å². The Morgan fingerprint density at radius 3 is 1.01 bits per heavy atom. The molecule has 0 aliphatic rings. The Hall–Kier alpha value is -6.09. The van der Waals surface area contributed by atoms with E-state index < -0.39 is 0 Å². The minimum atomic E-state index is 0.845. The van der Waals surface area contributed by atoms with Crippen LogP contribution in [0.25, 0.3) is 0 Å². The molecule has 7 rings (SSSR count). The number of pyridine rings is 3. The van der Waals surface area contributed by atoms with Crippen molar-refractivity contribution in [3.05, 3.63) is 189 Å². The highest BCUT2D eigenvalue weighted by Gasteiger charge is 2.03. The second-order valence-corrected chi connectivity index (χ2v) is 18.3. The van der Waals surface area contributed by atoms with Crippen molar-refractivity contribution in [2.75, 3.05) is 0 Å². The fourth-order valence-corrected chi connectivity index (χ4v) is 6.62. The second-order valence-electron chi connectivity index (χ2n) is 18.3. The Balaban J connectivity index is 0.000000397. The number of benzene rings is 1. The predicted molar refractivity (Wildman–Crippen MR) is 288 cm³/mol. The van der Waals surface area contributed by atoms with Crippen molar-refractivity contribution in [1.29, 1.82) is 0 Å². The zero-order valence-corrected chi connectivity index (χ0v) is 47.1. The molecule has 366 valence electrons. The highest BCUT2D eigenvalue weighted by molar-refractivity contribution is 5.43. The lowest BCUT2D eigenvalue weighted by Gasteiger charge is -2.10. The van der Waals surface area contributed by atoms with E-state index in [-0.39, 0.29) is 0 Å². The van der Waals surface area contributed by atoms with E-state index in [2.05, 4.69) is 153 Å². The van der Waals surface area contributed by atoms with Crippen LogP contribution in [-0.4, -0.2) is 44.9 Å². The maximum Gasteiger partial charge on any atom is 0.125 e. The highest BCUT2D eigenvalue weighted by atomic mass is 14.9. The van der Waals surface area contributed by atoms with Gasteiger partial charge in [0.15, 0.2) is 0 Å². The van der Waals surface area contributed by atoms with Gasteiger partial charge in [-0.2, -0.15) is 0 Å². The first-order valence-corrected chi connectivity index (χ1v) is 23.6. The number of hydrogen-bond acceptors (Lipinski definition) is 9. The van der Waals surface area contributed by atoms with E-state index in [0.717, 1.165) is 74.2 Å². The van der Waals surface area contributed by atoms with E-state index in [1.54, 1.807) is 6.33 Å². The first-order chi connectivity index (χ1) is 31.5. The first-order valence-electron chi connectivity index (χ1n) is 23.6. The first kappa shape index (κ1) is 59.9. The van der Waals surface area contributed by atoms with Crippen molar-refractivity contribution in [3.8, 4) is 0 Å². The Labute approximate surface area is 412 Å². The molecule has 0 spiro atoms. The smallest absolute Gasteiger partial charge is 0.125 e. The minimum Gasteiger partial charge on any atom is -0.261 e. The van der Waals surface area contributed by atoms with E-state index in [1.807, 2.05) is 108 Å². The Bertz CT molecular complexity index is 2550. The Morgan fingerprint density at radius 1 is 0.221 bits per heavy atom. The minimum absolute atomic E-state index is 0.845. The van der Waals surface area contributed by atoms with E-state index in [0.29, 0.717) is 0 Å². The predicted octanol–water partition coefficient (Wildman–Crippen LogP) is 14.4. The van der Waals surface area contributed by atoms with Gasteiger partial charge in [0.1, 0.15) is 18.0 Å². The molecule has 0 unspecified atom stereocenters. The zero-order chi connectivity index (χ0) is 52.3. The second kappa shape index (κ2) is 28.3. The molecule has 0 aliphatic carbocycles. The van der Waals surface area contributed by atoms with Crippen LogP contribution in [0.3, 0.4) is 0 Å². The van der Waals surface area contributed by atoms with Gasteiger partial charge in [-0.3, -0.25) is 15.0 Å². The van der Waals surface area contributed by atoms with E-state index >= 15 is 0 Å². The van der Waals surface area contributed by atoms with Crippen LogP contribution in [0.2, 0.25) is 0 Å². The average Bonchev–Trinajstić information content (AvgIpc) is 3.25. The summed E-state index contributed by atoms with van der Waals surface area (Å²) in [6.07, 6.45) is 5.37. The molecule has 0 aliphatic heterocycles. The summed E-state index contributed by atoms with van der Waals surface area (Å²) in [6, 6.07) is 8.52. The Kier molecular flexibility index (Phi) is 24.9. The summed E-state index contributed by atoms with van der Waals surface area (Å²) in [4.78, 5) is 37.4. The van der Waals surface area contributed by atoms with Gasteiger partial charge in [-0.1, -0.05) is 12.1 Å². The van der Waals surface area contributed by atoms with Crippen LogP contribution in [0.4, 0.5) is 0 Å². The van der Waals surface area contributed by atoms with E-state index in [1.165, 1.54) is 72.3 Å². The van der Waals surface area contributed by atoms with Crippen LogP contribution in [0.1, 0.15) is 146 Å². The molecule has 68 heavy (non-hydrogen) atoms. The van der Waals surface area contributed by atoms with Gasteiger partial charge in [-0.15, -0.1) is 0 Å². The van der Waals surface area contributed by atoms with Gasteiger partial charge in [0.2, 0.25) is 0 Å². The summed E-state index contributed by atoms with van der Waals surface area (Å²) in [7, 11) is 0. The Morgan fingerprint density at radius 2 is 0.618 bits per heavy atom. The molecule has 1 aromatic carbocycles. The third kappa shape index (κ3) is 20.0. The van der Waals surface area contributed by atoms with Gasteiger partial charge in [0, 0.05) is 69.3 Å². The molecular weight excluding hydrogens is 835 g/mol. The van der Waals surface area contributed by atoms with E-state index in [4.69, 9.17) is 0 Å². The van der Waals surface area contributed by atoms with Crippen molar-refractivity contribution in [2.45, 2.75) is 180 Å².